The summed E-state index contributed by atoms with van der Waals surface area (Å²) in [7, 11) is 0. The lowest BCUT2D eigenvalue weighted by molar-refractivity contribution is -0.379. The fourth-order valence-electron chi connectivity index (χ4n) is 12.0. The van der Waals surface area contributed by atoms with Gasteiger partial charge < -0.3 is 89.9 Å². The van der Waals surface area contributed by atoms with E-state index < -0.39 is 124 Å². The number of rotatable bonds is 53. The second-order valence-electron chi connectivity index (χ2n) is 25.0. The number of hydrogen-bond acceptors (Lipinski definition) is 18. The zero-order valence-corrected chi connectivity index (χ0v) is 52.9. The molecule has 0 aromatic heterocycles. The fraction of sp³-hybridized carbons (Fsp3) is 0.955. The average molecular weight is 1220 g/mol. The molecule has 0 aromatic rings. The van der Waals surface area contributed by atoms with E-state index >= 15 is 0 Å². The first kappa shape index (κ1) is 77.8. The van der Waals surface area contributed by atoms with Gasteiger partial charge in [-0.3, -0.25) is 4.79 Å². The van der Waals surface area contributed by atoms with Gasteiger partial charge in [-0.25, -0.2) is 0 Å². The number of carbonyl (C=O) groups is 1. The van der Waals surface area contributed by atoms with Crippen LogP contribution in [0.2, 0.25) is 0 Å². The van der Waals surface area contributed by atoms with E-state index in [0.29, 0.717) is 6.42 Å². The van der Waals surface area contributed by atoms with Crippen molar-refractivity contribution in [2.75, 3.05) is 26.4 Å². The Morgan fingerprint density at radius 2 is 0.729 bits per heavy atom. The van der Waals surface area contributed by atoms with E-state index in [1.165, 1.54) is 199 Å². The van der Waals surface area contributed by atoms with Gasteiger partial charge in [0.05, 0.1) is 38.6 Å². The summed E-state index contributed by atoms with van der Waals surface area (Å²) in [4.78, 5) is 13.4. The molecule has 0 aliphatic carbocycles. The Bertz CT molecular complexity index is 1600. The zero-order chi connectivity index (χ0) is 61.9. The van der Waals surface area contributed by atoms with Gasteiger partial charge in [-0.1, -0.05) is 257 Å². The molecule has 0 spiro atoms. The van der Waals surface area contributed by atoms with Crippen LogP contribution in [-0.2, 0) is 33.2 Å². The molecule has 17 unspecified atom stereocenters. The summed E-state index contributed by atoms with van der Waals surface area (Å²) >= 11 is 0. The van der Waals surface area contributed by atoms with Gasteiger partial charge in [-0.05, 0) is 19.3 Å². The van der Waals surface area contributed by atoms with Gasteiger partial charge in [-0.2, -0.15) is 0 Å². The van der Waals surface area contributed by atoms with Crippen molar-refractivity contribution in [3.05, 3.63) is 12.2 Å². The summed E-state index contributed by atoms with van der Waals surface area (Å²) in [5, 5.41) is 120. The SMILES string of the molecule is CCCCCCCCCCCCCCCCCC/C=C/C(O)C(COC1OC(CO)C(OC2OC(CO)C(OC3OC(CO)C(O)C(O)C3O)C(O)C2O)C(O)C1O)NC(=O)CCCCCCCCCCCCCCCCCCCCCCCC. The van der Waals surface area contributed by atoms with Crippen LogP contribution in [0.25, 0.3) is 0 Å². The molecule has 19 nitrogen and oxygen atoms in total. The molecular formula is C66H125NO18. The van der Waals surface area contributed by atoms with Crippen LogP contribution >= 0.6 is 0 Å². The van der Waals surface area contributed by atoms with Crippen molar-refractivity contribution in [2.24, 2.45) is 0 Å². The minimum absolute atomic E-state index is 0.250. The number of aliphatic hydroxyl groups is 11. The lowest BCUT2D eigenvalue weighted by Crippen LogP contribution is -2.66. The first-order valence-corrected chi connectivity index (χ1v) is 34.4. The molecule has 0 bridgehead atoms. The average Bonchev–Trinajstić information content (AvgIpc) is 3.10. The number of hydrogen-bond donors (Lipinski definition) is 12. The molecule has 0 aromatic carbocycles. The van der Waals surface area contributed by atoms with Crippen molar-refractivity contribution in [3.8, 4) is 0 Å². The fourth-order valence-corrected chi connectivity index (χ4v) is 12.0. The highest BCUT2D eigenvalue weighted by Gasteiger charge is 2.53. The second-order valence-corrected chi connectivity index (χ2v) is 25.0. The maximum atomic E-state index is 13.4. The van der Waals surface area contributed by atoms with Gasteiger partial charge >= 0.3 is 0 Å². The van der Waals surface area contributed by atoms with Gasteiger partial charge in [0.25, 0.3) is 0 Å². The standard InChI is InChI=1S/C66H125NO18/c1-3-5-7-9-11-13-15-17-19-21-23-24-25-26-28-30-32-34-36-38-40-42-44-54(72)67-49(50(71)43-41-39-37-35-33-31-29-27-22-20-18-16-14-12-10-8-6-4-2)48-80-64-60(78)57(75)62(52(46-69)82-64)85-66-61(79)58(76)63(53(47-70)83-66)84-65-59(77)56(74)55(73)51(45-68)81-65/h41,43,49-53,55-66,68-71,73-79H,3-40,42,44-48H2,1-2H3,(H,67,72)/b43-41+. The molecule has 3 rings (SSSR count). The van der Waals surface area contributed by atoms with Gasteiger partial charge in [0, 0.05) is 6.42 Å². The normalized spacial score (nSPS) is 29.0. The van der Waals surface area contributed by atoms with E-state index in [4.69, 9.17) is 28.4 Å². The molecular weight excluding hydrogens is 1090 g/mol. The predicted octanol–water partition coefficient (Wildman–Crippen LogP) is 8.50. The van der Waals surface area contributed by atoms with Gasteiger partial charge in [0.1, 0.15) is 73.2 Å². The first-order chi connectivity index (χ1) is 41.3. The molecule has 502 valence electrons. The molecule has 3 heterocycles. The maximum absolute atomic E-state index is 13.4. The van der Waals surface area contributed by atoms with Crippen LogP contribution in [0.15, 0.2) is 12.2 Å². The lowest BCUT2D eigenvalue weighted by atomic mass is 9.96. The van der Waals surface area contributed by atoms with Crippen LogP contribution in [0.1, 0.15) is 271 Å². The van der Waals surface area contributed by atoms with E-state index in [-0.39, 0.29) is 18.9 Å². The molecule has 3 aliphatic heterocycles. The summed E-state index contributed by atoms with van der Waals surface area (Å²) in [5.41, 5.74) is 0. The van der Waals surface area contributed by atoms with Gasteiger partial charge in [-0.15, -0.1) is 0 Å². The predicted molar refractivity (Wildman–Crippen MR) is 328 cm³/mol. The van der Waals surface area contributed by atoms with E-state index in [9.17, 15) is 61.0 Å². The topological polar surface area (TPSA) is 307 Å². The van der Waals surface area contributed by atoms with Gasteiger partial charge in [0.2, 0.25) is 5.91 Å². The van der Waals surface area contributed by atoms with Crippen LogP contribution in [0, 0.1) is 0 Å². The van der Waals surface area contributed by atoms with Crippen LogP contribution in [0.4, 0.5) is 0 Å². The minimum atomic E-state index is -1.98. The van der Waals surface area contributed by atoms with Crippen molar-refractivity contribution in [2.45, 2.75) is 375 Å². The van der Waals surface area contributed by atoms with Crippen LogP contribution < -0.4 is 5.32 Å². The Hall–Kier alpha value is -1.47. The summed E-state index contributed by atoms with van der Waals surface area (Å²) in [6, 6.07) is -0.968. The second kappa shape index (κ2) is 49.3. The Morgan fingerprint density at radius 3 is 1.11 bits per heavy atom. The maximum Gasteiger partial charge on any atom is 0.220 e. The van der Waals surface area contributed by atoms with Crippen molar-refractivity contribution >= 4 is 5.91 Å². The van der Waals surface area contributed by atoms with Crippen molar-refractivity contribution in [3.63, 3.8) is 0 Å². The number of aliphatic hydroxyl groups excluding tert-OH is 11. The minimum Gasteiger partial charge on any atom is -0.394 e. The largest absolute Gasteiger partial charge is 0.394 e. The van der Waals surface area contributed by atoms with E-state index in [0.717, 1.165) is 44.9 Å². The smallest absolute Gasteiger partial charge is 0.220 e. The summed E-state index contributed by atoms with van der Waals surface area (Å²) in [6.45, 7) is 1.77. The summed E-state index contributed by atoms with van der Waals surface area (Å²) in [5.74, 6) is -0.269. The van der Waals surface area contributed by atoms with Crippen LogP contribution in [0.3, 0.4) is 0 Å². The number of amides is 1. The lowest BCUT2D eigenvalue weighted by Gasteiger charge is -2.48. The highest BCUT2D eigenvalue weighted by Crippen LogP contribution is 2.33. The number of ether oxygens (including phenoxy) is 6. The summed E-state index contributed by atoms with van der Waals surface area (Å²) < 4.78 is 34.3. The molecule has 3 aliphatic rings. The molecule has 1 amide bonds. The molecule has 3 saturated heterocycles. The van der Waals surface area contributed by atoms with Crippen molar-refractivity contribution in [1.29, 1.82) is 0 Å². The monoisotopic (exact) mass is 1220 g/mol. The van der Waals surface area contributed by atoms with E-state index in [1.807, 2.05) is 6.08 Å². The van der Waals surface area contributed by atoms with Crippen LogP contribution in [0.5, 0.6) is 0 Å². The highest BCUT2D eigenvalue weighted by atomic mass is 16.8. The third kappa shape index (κ3) is 31.9. The molecule has 17 atom stereocenters. The number of nitrogens with one attached hydrogen (secondary N) is 1. The Kier molecular flexibility index (Phi) is 45.1. The molecule has 12 N–H and O–H groups in total. The molecule has 3 fully saturated rings. The van der Waals surface area contributed by atoms with E-state index in [2.05, 4.69) is 19.2 Å². The van der Waals surface area contributed by atoms with Crippen molar-refractivity contribution in [1.82, 2.24) is 5.32 Å². The Labute approximate surface area is 512 Å². The van der Waals surface area contributed by atoms with Gasteiger partial charge in [0.15, 0.2) is 18.9 Å². The quantitative estimate of drug-likeness (QED) is 0.0201. The molecule has 0 saturated carbocycles. The molecule has 85 heavy (non-hydrogen) atoms. The Balaban J connectivity index is 1.45. The molecule has 19 heteroatoms. The first-order valence-electron chi connectivity index (χ1n) is 34.4. The van der Waals surface area contributed by atoms with Crippen molar-refractivity contribution < 1.29 is 89.4 Å². The number of carbonyl (C=O) groups excluding carboxylic acids is 1. The van der Waals surface area contributed by atoms with Crippen LogP contribution in [-0.4, -0.2) is 193 Å². The van der Waals surface area contributed by atoms with E-state index in [1.54, 1.807) is 6.08 Å². The zero-order valence-electron chi connectivity index (χ0n) is 52.9. The number of allylic oxidation sites excluding steroid dienone is 1. The molecule has 0 radical (unpaired) electrons. The third-order valence-corrected chi connectivity index (χ3v) is 17.6. The highest BCUT2D eigenvalue weighted by molar-refractivity contribution is 5.76. The third-order valence-electron chi connectivity index (χ3n) is 17.6. The Morgan fingerprint density at radius 1 is 0.412 bits per heavy atom. The summed E-state index contributed by atoms with van der Waals surface area (Å²) in [6.07, 6.45) is 26.1. The number of unbranched alkanes of at least 4 members (excludes halogenated alkanes) is 37.